The highest BCUT2D eigenvalue weighted by molar-refractivity contribution is 5.37. The van der Waals surface area contributed by atoms with E-state index in [0.717, 1.165) is 71.2 Å². The van der Waals surface area contributed by atoms with Crippen LogP contribution >= 0.6 is 0 Å². The third-order valence-electron chi connectivity index (χ3n) is 5.38. The van der Waals surface area contributed by atoms with E-state index in [1.807, 2.05) is 0 Å². The van der Waals surface area contributed by atoms with Gasteiger partial charge >= 0.3 is 0 Å². The fourth-order valence-electron chi connectivity index (χ4n) is 3.69. The molecule has 2 heterocycles. The van der Waals surface area contributed by atoms with Crippen molar-refractivity contribution in [3.05, 3.63) is 29.3 Å². The van der Waals surface area contributed by atoms with E-state index in [2.05, 4.69) is 39.9 Å². The van der Waals surface area contributed by atoms with Crippen LogP contribution in [-0.4, -0.2) is 87.9 Å². The average Bonchev–Trinajstić information content (AvgIpc) is 2.65. The molecule has 140 valence electrons. The second kappa shape index (κ2) is 9.53. The van der Waals surface area contributed by atoms with E-state index < -0.39 is 0 Å². The third-order valence-corrected chi connectivity index (χ3v) is 5.38. The Labute approximate surface area is 152 Å². The lowest BCUT2D eigenvalue weighted by molar-refractivity contribution is 0.0374. The lowest BCUT2D eigenvalue weighted by Crippen LogP contribution is -2.43. The number of ether oxygens (including phenoxy) is 2. The summed E-state index contributed by atoms with van der Waals surface area (Å²) in [6.07, 6.45) is 2.34. The van der Waals surface area contributed by atoms with Gasteiger partial charge in [-0.15, -0.1) is 0 Å². The Morgan fingerprint density at radius 2 is 1.76 bits per heavy atom. The van der Waals surface area contributed by atoms with E-state index >= 15 is 0 Å². The van der Waals surface area contributed by atoms with Crippen molar-refractivity contribution in [1.29, 1.82) is 0 Å². The predicted molar refractivity (Wildman–Crippen MR) is 101 cm³/mol. The molecule has 0 aromatic heterocycles. The van der Waals surface area contributed by atoms with Crippen LogP contribution in [0.1, 0.15) is 17.5 Å². The number of methoxy groups -OCH3 is 1. The second-order valence-corrected chi connectivity index (χ2v) is 7.28. The van der Waals surface area contributed by atoms with Gasteiger partial charge < -0.3 is 14.4 Å². The summed E-state index contributed by atoms with van der Waals surface area (Å²) in [6.45, 7) is 10.7. The number of piperazine rings is 1. The first-order valence-corrected chi connectivity index (χ1v) is 9.61. The maximum Gasteiger partial charge on any atom is 0.123 e. The number of rotatable bonds is 7. The molecule has 0 spiro atoms. The molecule has 1 aromatic carbocycles. The maximum atomic E-state index is 5.60. The molecule has 0 amide bonds. The van der Waals surface area contributed by atoms with Gasteiger partial charge in [0.15, 0.2) is 0 Å². The van der Waals surface area contributed by atoms with Crippen LogP contribution in [0, 0.1) is 0 Å². The smallest absolute Gasteiger partial charge is 0.123 e. The molecule has 0 unspecified atom stereocenters. The summed E-state index contributed by atoms with van der Waals surface area (Å²) in [6, 6.07) is 6.73. The van der Waals surface area contributed by atoms with Crippen molar-refractivity contribution in [3.63, 3.8) is 0 Å². The van der Waals surface area contributed by atoms with E-state index in [1.165, 1.54) is 24.1 Å². The molecule has 0 bridgehead atoms. The van der Waals surface area contributed by atoms with Gasteiger partial charge in [-0.3, -0.25) is 9.80 Å². The lowest BCUT2D eigenvalue weighted by Gasteiger charge is -2.32. The average molecular weight is 348 g/mol. The first kappa shape index (κ1) is 18.6. The zero-order chi connectivity index (χ0) is 17.5. The third kappa shape index (κ3) is 5.68. The van der Waals surface area contributed by atoms with Crippen LogP contribution in [0.2, 0.25) is 0 Å². The lowest BCUT2D eigenvalue weighted by atomic mass is 10.0. The molecule has 3 rings (SSSR count). The van der Waals surface area contributed by atoms with Gasteiger partial charge in [-0.25, -0.2) is 0 Å². The number of nitrogens with zero attached hydrogens (tertiary/aromatic N) is 3. The van der Waals surface area contributed by atoms with Crippen LogP contribution in [0.15, 0.2) is 18.2 Å². The number of likely N-dealkylation sites (N-methyl/N-ethyl adjacent to an activating group) is 1. The van der Waals surface area contributed by atoms with Crippen molar-refractivity contribution in [2.24, 2.45) is 0 Å². The van der Waals surface area contributed by atoms with Crippen LogP contribution in [0.3, 0.4) is 0 Å². The zero-order valence-electron chi connectivity index (χ0n) is 15.9. The summed E-state index contributed by atoms with van der Waals surface area (Å²) < 4.78 is 11.0. The van der Waals surface area contributed by atoms with Crippen molar-refractivity contribution < 1.29 is 9.47 Å². The van der Waals surface area contributed by atoms with Crippen molar-refractivity contribution in [1.82, 2.24) is 14.7 Å². The van der Waals surface area contributed by atoms with E-state index in [9.17, 15) is 0 Å². The largest absolute Gasteiger partial charge is 0.496 e. The minimum absolute atomic E-state index is 0.887. The number of aryl methyl sites for hydroxylation is 1. The second-order valence-electron chi connectivity index (χ2n) is 7.28. The molecule has 2 aliphatic heterocycles. The van der Waals surface area contributed by atoms with E-state index in [4.69, 9.17) is 9.47 Å². The quantitative estimate of drug-likeness (QED) is 0.749. The Morgan fingerprint density at radius 3 is 2.48 bits per heavy atom. The van der Waals surface area contributed by atoms with E-state index in [-0.39, 0.29) is 0 Å². The molecular formula is C20H33N3O2. The summed E-state index contributed by atoms with van der Waals surface area (Å²) in [5.41, 5.74) is 2.76. The fraction of sp³-hybridized carbons (Fsp3) is 0.700. The molecule has 0 radical (unpaired) electrons. The van der Waals surface area contributed by atoms with Crippen LogP contribution in [0.4, 0.5) is 0 Å². The van der Waals surface area contributed by atoms with Crippen LogP contribution in [-0.2, 0) is 17.7 Å². The maximum absolute atomic E-state index is 5.60. The molecule has 5 heteroatoms. The topological polar surface area (TPSA) is 28.2 Å². The molecule has 5 nitrogen and oxygen atoms in total. The fourth-order valence-corrected chi connectivity index (χ4v) is 3.69. The number of hydrogen-bond donors (Lipinski definition) is 0. The minimum atomic E-state index is 0.887. The van der Waals surface area contributed by atoms with Crippen molar-refractivity contribution in [2.75, 3.05) is 73.2 Å². The standard InChI is InChI=1S/C20H33N3O2/c1-21-8-10-23(11-9-21)17-19-16-18(5-6-20(19)24-2)4-3-7-22-12-14-25-15-13-22/h5-6,16H,3-4,7-15,17H2,1-2H3. The Bertz CT molecular complexity index is 524. The van der Waals surface area contributed by atoms with Crippen molar-refractivity contribution in [3.8, 4) is 5.75 Å². The van der Waals surface area contributed by atoms with Gasteiger partial charge in [-0.2, -0.15) is 0 Å². The summed E-state index contributed by atoms with van der Waals surface area (Å²) >= 11 is 0. The number of morpholine rings is 1. The monoisotopic (exact) mass is 347 g/mol. The summed E-state index contributed by atoms with van der Waals surface area (Å²) in [4.78, 5) is 7.45. The van der Waals surface area contributed by atoms with Gasteiger partial charge in [0, 0.05) is 51.4 Å². The van der Waals surface area contributed by atoms with E-state index in [1.54, 1.807) is 7.11 Å². The zero-order valence-corrected chi connectivity index (χ0v) is 15.9. The van der Waals surface area contributed by atoms with Gasteiger partial charge in [-0.1, -0.05) is 12.1 Å². The first-order chi connectivity index (χ1) is 12.2. The molecule has 25 heavy (non-hydrogen) atoms. The van der Waals surface area contributed by atoms with Gasteiger partial charge in [0.2, 0.25) is 0 Å². The Hall–Kier alpha value is -1.14. The molecule has 0 saturated carbocycles. The van der Waals surface area contributed by atoms with Crippen LogP contribution in [0.25, 0.3) is 0 Å². The summed E-state index contributed by atoms with van der Waals surface area (Å²) in [7, 11) is 3.98. The van der Waals surface area contributed by atoms with Gasteiger partial charge in [0.1, 0.15) is 5.75 Å². The van der Waals surface area contributed by atoms with Crippen molar-refractivity contribution >= 4 is 0 Å². The summed E-state index contributed by atoms with van der Waals surface area (Å²) in [5, 5.41) is 0. The van der Waals surface area contributed by atoms with E-state index in [0.29, 0.717) is 0 Å². The minimum Gasteiger partial charge on any atom is -0.496 e. The van der Waals surface area contributed by atoms with Gasteiger partial charge in [0.25, 0.3) is 0 Å². The SMILES string of the molecule is COc1ccc(CCCN2CCOCC2)cc1CN1CCN(C)CC1. The molecule has 0 atom stereocenters. The highest BCUT2D eigenvalue weighted by Gasteiger charge is 2.16. The molecule has 1 aromatic rings. The highest BCUT2D eigenvalue weighted by atomic mass is 16.5. The number of hydrogen-bond acceptors (Lipinski definition) is 5. The summed E-state index contributed by atoms with van der Waals surface area (Å²) in [5.74, 6) is 1.02. The molecular weight excluding hydrogens is 314 g/mol. The predicted octanol–water partition coefficient (Wildman–Crippen LogP) is 1.71. The Morgan fingerprint density at radius 1 is 1.00 bits per heavy atom. The van der Waals surface area contributed by atoms with Crippen molar-refractivity contribution in [2.45, 2.75) is 19.4 Å². The first-order valence-electron chi connectivity index (χ1n) is 9.61. The molecule has 2 fully saturated rings. The molecule has 2 saturated heterocycles. The normalized spacial score (nSPS) is 20.7. The van der Waals surface area contributed by atoms with Gasteiger partial charge in [0.05, 0.1) is 20.3 Å². The Kier molecular flexibility index (Phi) is 7.11. The highest BCUT2D eigenvalue weighted by Crippen LogP contribution is 2.23. The number of benzene rings is 1. The van der Waals surface area contributed by atoms with Crippen LogP contribution < -0.4 is 4.74 Å². The molecule has 0 aliphatic carbocycles. The van der Waals surface area contributed by atoms with Gasteiger partial charge in [-0.05, 0) is 38.1 Å². The van der Waals surface area contributed by atoms with Crippen LogP contribution in [0.5, 0.6) is 5.75 Å². The molecule has 0 N–H and O–H groups in total. The Balaban J connectivity index is 1.53. The molecule has 2 aliphatic rings.